The Balaban J connectivity index is 2.00. The molecule has 0 saturated heterocycles. The number of phenolic OH excluding ortho intramolecular Hbond substituents is 1. The summed E-state index contributed by atoms with van der Waals surface area (Å²) in [6.45, 7) is 2.81. The second kappa shape index (κ2) is 6.76. The van der Waals surface area contributed by atoms with Gasteiger partial charge in [0.05, 0.1) is 6.42 Å². The lowest BCUT2D eigenvalue weighted by Gasteiger charge is -2.09. The molecule has 0 atom stereocenters. The van der Waals surface area contributed by atoms with E-state index in [1.54, 1.807) is 12.1 Å². The highest BCUT2D eigenvalue weighted by Gasteiger charge is 2.16. The van der Waals surface area contributed by atoms with Crippen LogP contribution in [-0.4, -0.2) is 15.6 Å². The number of nitrogens with one attached hydrogen (secondary N) is 1. The van der Waals surface area contributed by atoms with Gasteiger partial charge in [-0.15, -0.1) is 0 Å². The monoisotopic (exact) mass is 323 g/mol. The van der Waals surface area contributed by atoms with E-state index in [0.29, 0.717) is 0 Å². The second-order valence-electron chi connectivity index (χ2n) is 5.90. The predicted octanol–water partition coefficient (Wildman–Crippen LogP) is 2.43. The van der Waals surface area contributed by atoms with Gasteiger partial charge in [0.2, 0.25) is 5.91 Å². The number of hydrazine groups is 1. The highest BCUT2D eigenvalue weighted by Crippen LogP contribution is 2.29. The van der Waals surface area contributed by atoms with Crippen molar-refractivity contribution in [3.05, 3.63) is 65.4 Å². The average Bonchev–Trinajstić information content (AvgIpc) is 2.85. The molecule has 0 bridgehead atoms. The molecule has 0 aliphatic carbocycles. The largest absolute Gasteiger partial charge is 0.508 e. The minimum absolute atomic E-state index is 0.192. The molecule has 0 fully saturated rings. The van der Waals surface area contributed by atoms with Crippen molar-refractivity contribution >= 4 is 16.8 Å². The van der Waals surface area contributed by atoms with E-state index in [1.807, 2.05) is 31.2 Å². The highest BCUT2D eigenvalue weighted by molar-refractivity contribution is 5.91. The van der Waals surface area contributed by atoms with Crippen molar-refractivity contribution in [2.24, 2.45) is 5.84 Å². The number of carbonyl (C=O) groups is 1. The Bertz CT molecular complexity index is 869. The van der Waals surface area contributed by atoms with Gasteiger partial charge in [0.25, 0.3) is 0 Å². The van der Waals surface area contributed by atoms with Crippen molar-refractivity contribution in [3.63, 3.8) is 0 Å². The Morgan fingerprint density at radius 3 is 2.67 bits per heavy atom. The van der Waals surface area contributed by atoms with Crippen LogP contribution in [0.25, 0.3) is 10.9 Å². The van der Waals surface area contributed by atoms with Crippen LogP contribution in [0.5, 0.6) is 5.75 Å². The number of nitrogens with two attached hydrogens (primary N) is 1. The molecule has 124 valence electrons. The molecule has 1 heterocycles. The topological polar surface area (TPSA) is 80.3 Å². The zero-order valence-corrected chi connectivity index (χ0v) is 13.6. The summed E-state index contributed by atoms with van der Waals surface area (Å²) in [5.41, 5.74) is 6.38. The molecule has 1 amide bonds. The van der Waals surface area contributed by atoms with Crippen LogP contribution in [0.1, 0.15) is 16.8 Å². The quantitative estimate of drug-likeness (QED) is 0.383. The minimum atomic E-state index is -0.247. The van der Waals surface area contributed by atoms with Gasteiger partial charge < -0.3 is 9.67 Å². The fourth-order valence-electron chi connectivity index (χ4n) is 3.15. The molecule has 1 aromatic heterocycles. The summed E-state index contributed by atoms with van der Waals surface area (Å²) < 4.78 is 2.20. The molecule has 0 aliphatic heterocycles. The van der Waals surface area contributed by atoms with Gasteiger partial charge in [0.15, 0.2) is 0 Å². The number of phenols is 1. The fourth-order valence-corrected chi connectivity index (χ4v) is 3.15. The third kappa shape index (κ3) is 3.12. The van der Waals surface area contributed by atoms with E-state index in [9.17, 15) is 9.90 Å². The molecular weight excluding hydrogens is 302 g/mol. The maximum absolute atomic E-state index is 11.7. The van der Waals surface area contributed by atoms with Gasteiger partial charge in [-0.1, -0.05) is 30.3 Å². The highest BCUT2D eigenvalue weighted by atomic mass is 16.3. The molecular formula is C19H21N3O2. The van der Waals surface area contributed by atoms with E-state index in [-0.39, 0.29) is 18.1 Å². The molecule has 3 aromatic rings. The molecule has 5 heteroatoms. The van der Waals surface area contributed by atoms with E-state index < -0.39 is 0 Å². The maximum atomic E-state index is 11.7. The van der Waals surface area contributed by atoms with Crippen LogP contribution >= 0.6 is 0 Å². The molecule has 0 radical (unpaired) electrons. The summed E-state index contributed by atoms with van der Waals surface area (Å²) in [4.78, 5) is 11.7. The zero-order valence-electron chi connectivity index (χ0n) is 13.6. The number of fused-ring (bicyclic) bond motifs is 1. The normalized spacial score (nSPS) is 10.9. The number of carbonyl (C=O) groups excluding carboxylic acids is 1. The molecule has 24 heavy (non-hydrogen) atoms. The van der Waals surface area contributed by atoms with Gasteiger partial charge in [0.1, 0.15) is 5.75 Å². The van der Waals surface area contributed by atoms with Crippen LogP contribution in [-0.2, 0) is 24.2 Å². The maximum Gasteiger partial charge on any atom is 0.238 e. The molecule has 4 N–H and O–H groups in total. The summed E-state index contributed by atoms with van der Waals surface area (Å²) in [7, 11) is 0. The first-order chi connectivity index (χ1) is 11.6. The second-order valence-corrected chi connectivity index (χ2v) is 5.90. The van der Waals surface area contributed by atoms with Crippen LogP contribution in [0, 0.1) is 6.92 Å². The number of aromatic nitrogens is 1. The van der Waals surface area contributed by atoms with Crippen molar-refractivity contribution in [1.82, 2.24) is 9.99 Å². The first-order valence-corrected chi connectivity index (χ1v) is 7.94. The number of aryl methyl sites for hydroxylation is 2. The Morgan fingerprint density at radius 1 is 1.21 bits per heavy atom. The van der Waals surface area contributed by atoms with Crippen LogP contribution in [0.4, 0.5) is 0 Å². The number of hydrogen-bond acceptors (Lipinski definition) is 3. The van der Waals surface area contributed by atoms with E-state index in [4.69, 9.17) is 5.84 Å². The molecule has 5 nitrogen and oxygen atoms in total. The van der Waals surface area contributed by atoms with Gasteiger partial charge in [-0.25, -0.2) is 5.84 Å². The Morgan fingerprint density at radius 2 is 1.96 bits per heavy atom. The number of aromatic hydroxyl groups is 1. The zero-order chi connectivity index (χ0) is 17.1. The van der Waals surface area contributed by atoms with E-state index in [1.165, 1.54) is 5.56 Å². The van der Waals surface area contributed by atoms with Gasteiger partial charge in [-0.05, 0) is 42.7 Å². The van der Waals surface area contributed by atoms with Crippen LogP contribution in [0.3, 0.4) is 0 Å². The lowest BCUT2D eigenvalue weighted by molar-refractivity contribution is -0.120. The van der Waals surface area contributed by atoms with Gasteiger partial charge in [-0.2, -0.15) is 0 Å². The fraction of sp³-hybridized carbons (Fsp3) is 0.211. The molecule has 3 rings (SSSR count). The molecule has 2 aromatic carbocycles. The van der Waals surface area contributed by atoms with Gasteiger partial charge in [-0.3, -0.25) is 10.2 Å². The first kappa shape index (κ1) is 16.1. The molecule has 0 aliphatic rings. The van der Waals surface area contributed by atoms with Gasteiger partial charge in [0, 0.05) is 23.1 Å². The van der Waals surface area contributed by atoms with E-state index in [0.717, 1.165) is 35.1 Å². The predicted molar refractivity (Wildman–Crippen MR) is 94.5 cm³/mol. The minimum Gasteiger partial charge on any atom is -0.508 e. The lowest BCUT2D eigenvalue weighted by Crippen LogP contribution is -2.31. The molecule has 0 spiro atoms. The molecule has 0 unspecified atom stereocenters. The number of hydrogen-bond donors (Lipinski definition) is 3. The summed E-state index contributed by atoms with van der Waals surface area (Å²) >= 11 is 0. The third-order valence-corrected chi connectivity index (χ3v) is 4.40. The van der Waals surface area contributed by atoms with Crippen LogP contribution in [0.2, 0.25) is 0 Å². The Labute approximate surface area is 140 Å². The van der Waals surface area contributed by atoms with Crippen molar-refractivity contribution < 1.29 is 9.90 Å². The number of nitrogens with zero attached hydrogens (tertiary/aromatic N) is 1. The Hall–Kier alpha value is -2.79. The summed E-state index contributed by atoms with van der Waals surface area (Å²) in [6.07, 6.45) is 1.09. The Kier molecular flexibility index (Phi) is 4.53. The van der Waals surface area contributed by atoms with Crippen molar-refractivity contribution in [3.8, 4) is 5.75 Å². The summed E-state index contributed by atoms with van der Waals surface area (Å²) in [5.74, 6) is 5.17. The lowest BCUT2D eigenvalue weighted by atomic mass is 10.1. The SMILES string of the molecule is Cc1c(CC(=O)NN)c2cc(O)ccc2n1CCc1ccccc1. The molecule has 0 saturated carbocycles. The van der Waals surface area contributed by atoms with Crippen LogP contribution < -0.4 is 11.3 Å². The third-order valence-electron chi connectivity index (χ3n) is 4.40. The van der Waals surface area contributed by atoms with Crippen LogP contribution in [0.15, 0.2) is 48.5 Å². The van der Waals surface area contributed by atoms with E-state index in [2.05, 4.69) is 22.1 Å². The summed E-state index contributed by atoms with van der Waals surface area (Å²) in [5, 5.41) is 10.7. The number of benzene rings is 2. The van der Waals surface area contributed by atoms with Gasteiger partial charge >= 0.3 is 0 Å². The number of rotatable bonds is 5. The average molecular weight is 323 g/mol. The van der Waals surface area contributed by atoms with E-state index >= 15 is 0 Å². The smallest absolute Gasteiger partial charge is 0.238 e. The first-order valence-electron chi connectivity index (χ1n) is 7.94. The number of amides is 1. The van der Waals surface area contributed by atoms with Crippen molar-refractivity contribution in [2.75, 3.05) is 0 Å². The van der Waals surface area contributed by atoms with Crippen molar-refractivity contribution in [1.29, 1.82) is 0 Å². The van der Waals surface area contributed by atoms with Crippen molar-refractivity contribution in [2.45, 2.75) is 26.3 Å². The standard InChI is InChI=1S/C19H21N3O2/c1-13-16(12-19(24)21-20)17-11-15(23)7-8-18(17)22(13)10-9-14-5-3-2-4-6-14/h2-8,11,23H,9-10,12,20H2,1H3,(H,21,24). The summed E-state index contributed by atoms with van der Waals surface area (Å²) in [6, 6.07) is 15.6.